The first-order chi connectivity index (χ1) is 11.6. The molecule has 1 N–H and O–H groups in total. The second-order valence-corrected chi connectivity index (χ2v) is 6.14. The summed E-state index contributed by atoms with van der Waals surface area (Å²) in [7, 11) is 0. The Bertz CT molecular complexity index is 936. The standard InChI is InChI=1S/C16H14N6OS/c1-10-3-4-12(5-11(10)2)13-8-24-16(19-13)20-15(23)7-22-9-18-21-14(22)6-17/h3-5,8-9H,7H2,1-2H3,(H,19,20,23). The number of amides is 1. The minimum Gasteiger partial charge on any atom is -0.300 e. The summed E-state index contributed by atoms with van der Waals surface area (Å²) in [5.41, 5.74) is 4.26. The molecular weight excluding hydrogens is 324 g/mol. The number of aromatic nitrogens is 4. The number of nitriles is 1. The van der Waals surface area contributed by atoms with Crippen molar-refractivity contribution >= 4 is 22.4 Å². The number of thiazole rings is 1. The van der Waals surface area contributed by atoms with Crippen LogP contribution in [0.15, 0.2) is 29.9 Å². The topological polar surface area (TPSA) is 96.5 Å². The molecule has 120 valence electrons. The van der Waals surface area contributed by atoms with Crippen LogP contribution < -0.4 is 5.32 Å². The molecule has 2 aromatic heterocycles. The summed E-state index contributed by atoms with van der Waals surface area (Å²) in [6.45, 7) is 4.08. The highest BCUT2D eigenvalue weighted by molar-refractivity contribution is 7.14. The molecule has 0 radical (unpaired) electrons. The highest BCUT2D eigenvalue weighted by Gasteiger charge is 2.11. The minimum atomic E-state index is -0.285. The number of nitrogens with zero attached hydrogens (tertiary/aromatic N) is 5. The third-order valence-electron chi connectivity index (χ3n) is 3.58. The molecule has 3 aromatic rings. The van der Waals surface area contributed by atoms with Gasteiger partial charge >= 0.3 is 0 Å². The Morgan fingerprint density at radius 1 is 1.38 bits per heavy atom. The summed E-state index contributed by atoms with van der Waals surface area (Å²) < 4.78 is 1.38. The Labute approximate surface area is 142 Å². The molecule has 0 saturated heterocycles. The minimum absolute atomic E-state index is 0.0333. The Hall–Kier alpha value is -3.05. The van der Waals surface area contributed by atoms with E-state index in [1.54, 1.807) is 0 Å². The van der Waals surface area contributed by atoms with Gasteiger partial charge in [-0.1, -0.05) is 12.1 Å². The smallest absolute Gasteiger partial charge is 0.246 e. The molecule has 3 rings (SSSR count). The summed E-state index contributed by atoms with van der Waals surface area (Å²) in [6, 6.07) is 8.02. The molecule has 0 aliphatic rings. The van der Waals surface area contributed by atoms with E-state index in [1.807, 2.05) is 17.5 Å². The number of hydrogen-bond donors (Lipinski definition) is 1. The van der Waals surface area contributed by atoms with Gasteiger partial charge < -0.3 is 5.32 Å². The Kier molecular flexibility index (Phi) is 4.35. The maximum atomic E-state index is 12.1. The monoisotopic (exact) mass is 338 g/mol. The maximum Gasteiger partial charge on any atom is 0.246 e. The van der Waals surface area contributed by atoms with E-state index in [1.165, 1.54) is 33.4 Å². The van der Waals surface area contributed by atoms with Crippen molar-refractivity contribution in [3.63, 3.8) is 0 Å². The number of nitrogens with one attached hydrogen (secondary N) is 1. The molecule has 0 fully saturated rings. The van der Waals surface area contributed by atoms with E-state index in [0.717, 1.165) is 11.3 Å². The molecule has 0 unspecified atom stereocenters. The van der Waals surface area contributed by atoms with Gasteiger partial charge in [0.1, 0.15) is 18.9 Å². The van der Waals surface area contributed by atoms with Crippen molar-refractivity contribution < 1.29 is 4.79 Å². The summed E-state index contributed by atoms with van der Waals surface area (Å²) in [6.07, 6.45) is 1.35. The molecule has 1 aromatic carbocycles. The third kappa shape index (κ3) is 3.31. The zero-order chi connectivity index (χ0) is 17.1. The van der Waals surface area contributed by atoms with Gasteiger partial charge in [-0.05, 0) is 31.0 Å². The third-order valence-corrected chi connectivity index (χ3v) is 4.34. The maximum absolute atomic E-state index is 12.1. The number of benzene rings is 1. The highest BCUT2D eigenvalue weighted by Crippen LogP contribution is 2.26. The van der Waals surface area contributed by atoms with E-state index in [-0.39, 0.29) is 18.3 Å². The molecule has 0 aliphatic carbocycles. The van der Waals surface area contributed by atoms with Crippen LogP contribution in [0.4, 0.5) is 5.13 Å². The number of carbonyl (C=O) groups excluding carboxylic acids is 1. The van der Waals surface area contributed by atoms with E-state index < -0.39 is 0 Å². The lowest BCUT2D eigenvalue weighted by atomic mass is 10.1. The van der Waals surface area contributed by atoms with Gasteiger partial charge in [0.2, 0.25) is 11.7 Å². The van der Waals surface area contributed by atoms with Gasteiger partial charge in [0, 0.05) is 10.9 Å². The first-order valence-electron chi connectivity index (χ1n) is 7.17. The van der Waals surface area contributed by atoms with Crippen molar-refractivity contribution in [2.45, 2.75) is 20.4 Å². The van der Waals surface area contributed by atoms with Crippen LogP contribution >= 0.6 is 11.3 Å². The molecule has 2 heterocycles. The van der Waals surface area contributed by atoms with Gasteiger partial charge in [-0.3, -0.25) is 9.36 Å². The summed E-state index contributed by atoms with van der Waals surface area (Å²) in [5, 5.41) is 21.2. The van der Waals surface area contributed by atoms with E-state index >= 15 is 0 Å². The predicted octanol–water partition coefficient (Wildman–Crippen LogP) is 2.53. The molecule has 7 nitrogen and oxygen atoms in total. The first-order valence-corrected chi connectivity index (χ1v) is 8.05. The van der Waals surface area contributed by atoms with Crippen molar-refractivity contribution in [3.8, 4) is 17.3 Å². The van der Waals surface area contributed by atoms with E-state index in [4.69, 9.17) is 5.26 Å². The fraction of sp³-hybridized carbons (Fsp3) is 0.188. The van der Waals surface area contributed by atoms with Gasteiger partial charge in [0.25, 0.3) is 0 Å². The molecule has 24 heavy (non-hydrogen) atoms. The number of hydrogen-bond acceptors (Lipinski definition) is 6. The largest absolute Gasteiger partial charge is 0.300 e. The Balaban J connectivity index is 1.71. The lowest BCUT2D eigenvalue weighted by molar-refractivity contribution is -0.116. The number of carbonyl (C=O) groups is 1. The van der Waals surface area contributed by atoms with Crippen LogP contribution in [0.5, 0.6) is 0 Å². The van der Waals surface area contributed by atoms with Crippen LogP contribution in [-0.2, 0) is 11.3 Å². The average molecular weight is 338 g/mol. The van der Waals surface area contributed by atoms with Crippen molar-refractivity contribution in [1.82, 2.24) is 19.7 Å². The highest BCUT2D eigenvalue weighted by atomic mass is 32.1. The molecule has 1 amide bonds. The quantitative estimate of drug-likeness (QED) is 0.788. The van der Waals surface area contributed by atoms with Crippen molar-refractivity contribution in [2.75, 3.05) is 5.32 Å². The van der Waals surface area contributed by atoms with Crippen molar-refractivity contribution in [3.05, 3.63) is 46.9 Å². The summed E-state index contributed by atoms with van der Waals surface area (Å²) >= 11 is 1.36. The Morgan fingerprint density at radius 3 is 2.96 bits per heavy atom. The van der Waals surface area contributed by atoms with E-state index in [9.17, 15) is 4.79 Å². The van der Waals surface area contributed by atoms with Crippen molar-refractivity contribution in [1.29, 1.82) is 5.26 Å². The SMILES string of the molecule is Cc1ccc(-c2csc(NC(=O)Cn3cnnc3C#N)n2)cc1C. The molecule has 0 atom stereocenters. The van der Waals surface area contributed by atoms with Crippen LogP contribution in [0.3, 0.4) is 0 Å². The molecule has 0 bridgehead atoms. The molecule has 8 heteroatoms. The molecule has 0 saturated carbocycles. The lowest BCUT2D eigenvalue weighted by Gasteiger charge is -2.03. The van der Waals surface area contributed by atoms with Gasteiger partial charge in [-0.25, -0.2) is 4.98 Å². The van der Waals surface area contributed by atoms with Gasteiger partial charge in [-0.2, -0.15) is 5.26 Å². The zero-order valence-corrected chi connectivity index (χ0v) is 14.0. The van der Waals surface area contributed by atoms with Gasteiger partial charge in [-0.15, -0.1) is 21.5 Å². The number of anilines is 1. The number of aryl methyl sites for hydroxylation is 2. The summed E-state index contributed by atoms with van der Waals surface area (Å²) in [5.74, 6) is -0.188. The van der Waals surface area contributed by atoms with E-state index in [2.05, 4.69) is 46.5 Å². The van der Waals surface area contributed by atoms with Crippen molar-refractivity contribution in [2.24, 2.45) is 0 Å². The van der Waals surface area contributed by atoms with Crippen LogP contribution in [0.1, 0.15) is 17.0 Å². The normalized spacial score (nSPS) is 10.4. The Morgan fingerprint density at radius 2 is 2.21 bits per heavy atom. The lowest BCUT2D eigenvalue weighted by Crippen LogP contribution is -2.19. The fourth-order valence-electron chi connectivity index (χ4n) is 2.14. The van der Waals surface area contributed by atoms with Crippen LogP contribution in [0.2, 0.25) is 0 Å². The first kappa shape index (κ1) is 15.8. The van der Waals surface area contributed by atoms with Gasteiger partial charge in [0.15, 0.2) is 5.13 Å². The van der Waals surface area contributed by atoms with Crippen LogP contribution in [0, 0.1) is 25.2 Å². The predicted molar refractivity (Wildman–Crippen MR) is 90.4 cm³/mol. The average Bonchev–Trinajstić information content (AvgIpc) is 3.19. The zero-order valence-electron chi connectivity index (χ0n) is 13.1. The number of rotatable bonds is 4. The molecule has 0 aliphatic heterocycles. The molecule has 0 spiro atoms. The fourth-order valence-corrected chi connectivity index (χ4v) is 2.87. The van der Waals surface area contributed by atoms with Gasteiger partial charge in [0.05, 0.1) is 5.69 Å². The molecular formula is C16H14N6OS. The second kappa shape index (κ2) is 6.60. The van der Waals surface area contributed by atoms with E-state index in [0.29, 0.717) is 5.13 Å². The van der Waals surface area contributed by atoms with Crippen LogP contribution in [-0.4, -0.2) is 25.7 Å². The van der Waals surface area contributed by atoms with Crippen LogP contribution in [0.25, 0.3) is 11.3 Å². The second-order valence-electron chi connectivity index (χ2n) is 5.28. The summed E-state index contributed by atoms with van der Waals surface area (Å²) in [4.78, 5) is 16.5.